The number of rotatable bonds is 11. The largest absolute Gasteiger partial charge is 0.310 e. The van der Waals surface area contributed by atoms with Crippen molar-refractivity contribution in [2.24, 2.45) is 0 Å². The lowest BCUT2D eigenvalue weighted by molar-refractivity contribution is 1.18. The molecule has 0 fully saturated rings. The van der Waals surface area contributed by atoms with Gasteiger partial charge in [-0.05, 0) is 133 Å². The Morgan fingerprint density at radius 1 is 0.314 bits per heavy atom. The Hall–Kier alpha value is -9.32. The van der Waals surface area contributed by atoms with Crippen LogP contribution in [0.1, 0.15) is 5.56 Å². The molecule has 0 saturated carbocycles. The van der Waals surface area contributed by atoms with Gasteiger partial charge >= 0.3 is 0 Å². The topological polar surface area (TPSA) is 37.2 Å². The molecule has 0 N–H and O–H groups in total. The highest BCUT2D eigenvalue weighted by Gasteiger charge is 2.21. The Morgan fingerprint density at radius 2 is 0.714 bits per heavy atom. The maximum atomic E-state index is 5.10. The van der Waals surface area contributed by atoms with Gasteiger partial charge in [0.2, 0.25) is 0 Å². The van der Waals surface area contributed by atoms with E-state index in [-0.39, 0.29) is 0 Å². The second-order valence-corrected chi connectivity index (χ2v) is 17.5. The first kappa shape index (κ1) is 42.1. The summed E-state index contributed by atoms with van der Waals surface area (Å²) in [5.41, 5.74) is 18.3. The fourth-order valence-electron chi connectivity index (χ4n) is 9.76. The number of fused-ring (bicyclic) bond motifs is 3. The smallest absolute Gasteiger partial charge is 0.160 e. The third-order valence-electron chi connectivity index (χ3n) is 13.1. The van der Waals surface area contributed by atoms with Gasteiger partial charge in [0.15, 0.2) is 5.82 Å². The Balaban J connectivity index is 0.965. The molecule has 0 unspecified atom stereocenters. The van der Waals surface area contributed by atoms with Crippen LogP contribution < -0.4 is 9.80 Å². The average Bonchev–Trinajstić information content (AvgIpc) is 3.75. The fourth-order valence-corrected chi connectivity index (χ4v) is 9.76. The lowest BCUT2D eigenvalue weighted by Gasteiger charge is -2.26. The van der Waals surface area contributed by atoms with E-state index in [4.69, 9.17) is 9.97 Å². The van der Waals surface area contributed by atoms with Crippen LogP contribution in [0.15, 0.2) is 267 Å². The summed E-state index contributed by atoms with van der Waals surface area (Å²) in [4.78, 5) is 14.8. The van der Waals surface area contributed by atoms with Crippen LogP contribution >= 0.6 is 0 Å². The lowest BCUT2D eigenvalue weighted by Crippen LogP contribution is -2.09. The molecule has 10 aromatic carbocycles. The molecule has 0 aliphatic carbocycles. The molecular formula is C65H47N5. The molecule has 0 aliphatic rings. The third kappa shape index (κ3) is 8.06. The van der Waals surface area contributed by atoms with E-state index in [9.17, 15) is 0 Å². The van der Waals surface area contributed by atoms with Gasteiger partial charge in [0.05, 0.1) is 22.4 Å². The molecule has 0 amide bonds. The first-order valence-electron chi connectivity index (χ1n) is 23.7. The van der Waals surface area contributed by atoms with E-state index in [2.05, 4.69) is 264 Å². The van der Waals surface area contributed by atoms with Crippen LogP contribution in [0.3, 0.4) is 0 Å². The highest BCUT2D eigenvalue weighted by Crippen LogP contribution is 2.43. The van der Waals surface area contributed by atoms with E-state index in [0.717, 1.165) is 84.5 Å². The second-order valence-electron chi connectivity index (χ2n) is 17.5. The molecule has 70 heavy (non-hydrogen) atoms. The van der Waals surface area contributed by atoms with Gasteiger partial charge in [-0.2, -0.15) is 0 Å². The van der Waals surface area contributed by atoms with E-state index in [0.29, 0.717) is 5.82 Å². The number of aryl methyl sites for hydroxylation is 1. The summed E-state index contributed by atoms with van der Waals surface area (Å²) in [6.45, 7) is 2.19. The first-order valence-corrected chi connectivity index (χ1v) is 23.7. The average molecular weight is 898 g/mol. The molecule has 12 aromatic rings. The van der Waals surface area contributed by atoms with Crippen LogP contribution in [-0.2, 0) is 0 Å². The van der Waals surface area contributed by atoms with Crippen LogP contribution in [-0.4, -0.2) is 14.5 Å². The van der Waals surface area contributed by atoms with Crippen molar-refractivity contribution in [3.63, 3.8) is 0 Å². The summed E-state index contributed by atoms with van der Waals surface area (Å²) in [6, 6.07) is 94.6. The quantitative estimate of drug-likeness (QED) is 0.130. The number of benzene rings is 10. The predicted octanol–water partition coefficient (Wildman–Crippen LogP) is 17.5. The lowest BCUT2D eigenvalue weighted by atomic mass is 9.96. The maximum Gasteiger partial charge on any atom is 0.160 e. The van der Waals surface area contributed by atoms with Gasteiger partial charge in [0.25, 0.3) is 0 Å². The number of para-hydroxylation sites is 4. The molecular weight excluding hydrogens is 851 g/mol. The zero-order valence-corrected chi connectivity index (χ0v) is 38.6. The predicted molar refractivity (Wildman–Crippen MR) is 292 cm³/mol. The first-order chi connectivity index (χ1) is 34.6. The fraction of sp³-hybridized carbons (Fsp3) is 0.0154. The standard InChI is InChI=1S/C65H47N5/c1-46-42-50(62-45-61(48-20-8-2-9-21-48)66-65(67-62)49-22-10-3-11-23-49)34-39-58(46)47-32-35-55(36-33-47)70-63-40-37-56(68(51-24-12-4-13-25-51)52-26-14-5-15-27-52)43-59(63)60-44-57(38-41-64(60)70)69(53-28-16-6-17-29-53)54-30-18-7-19-31-54/h2-45H,1H3. The minimum absolute atomic E-state index is 0.709. The van der Waals surface area contributed by atoms with Gasteiger partial charge in [-0.25, -0.2) is 9.97 Å². The van der Waals surface area contributed by atoms with Gasteiger partial charge in [0, 0.05) is 67.3 Å². The van der Waals surface area contributed by atoms with Crippen molar-refractivity contribution >= 4 is 55.9 Å². The zero-order chi connectivity index (χ0) is 46.8. The van der Waals surface area contributed by atoms with Gasteiger partial charge in [-0.15, -0.1) is 0 Å². The van der Waals surface area contributed by atoms with Crippen LogP contribution in [0, 0.1) is 6.92 Å². The normalized spacial score (nSPS) is 11.2. The Labute approximate surface area is 408 Å². The Kier molecular flexibility index (Phi) is 11.1. The number of nitrogens with zero attached hydrogens (tertiary/aromatic N) is 5. The zero-order valence-electron chi connectivity index (χ0n) is 38.6. The van der Waals surface area contributed by atoms with E-state index in [1.54, 1.807) is 0 Å². The molecule has 332 valence electrons. The monoisotopic (exact) mass is 897 g/mol. The van der Waals surface area contributed by atoms with Crippen molar-refractivity contribution in [3.05, 3.63) is 272 Å². The van der Waals surface area contributed by atoms with E-state index in [1.807, 2.05) is 24.3 Å². The molecule has 0 bridgehead atoms. The molecule has 0 atom stereocenters. The number of aromatic nitrogens is 3. The highest BCUT2D eigenvalue weighted by atomic mass is 15.1. The number of hydrogen-bond donors (Lipinski definition) is 0. The molecule has 2 heterocycles. The van der Waals surface area contributed by atoms with Crippen molar-refractivity contribution in [2.75, 3.05) is 9.80 Å². The van der Waals surface area contributed by atoms with E-state index in [1.165, 1.54) is 21.9 Å². The van der Waals surface area contributed by atoms with Gasteiger partial charge < -0.3 is 14.4 Å². The van der Waals surface area contributed by atoms with Crippen molar-refractivity contribution in [1.29, 1.82) is 0 Å². The van der Waals surface area contributed by atoms with Crippen LogP contribution in [0.2, 0.25) is 0 Å². The summed E-state index contributed by atoms with van der Waals surface area (Å²) in [5, 5.41) is 2.33. The van der Waals surface area contributed by atoms with Gasteiger partial charge in [0.1, 0.15) is 0 Å². The van der Waals surface area contributed by atoms with Gasteiger partial charge in [-0.3, -0.25) is 0 Å². The molecule has 0 spiro atoms. The van der Waals surface area contributed by atoms with Gasteiger partial charge in [-0.1, -0.05) is 158 Å². The van der Waals surface area contributed by atoms with E-state index >= 15 is 0 Å². The Bertz CT molecular complexity index is 3470. The molecule has 0 radical (unpaired) electrons. The van der Waals surface area contributed by atoms with Crippen LogP contribution in [0.25, 0.3) is 72.5 Å². The Morgan fingerprint density at radius 3 is 1.16 bits per heavy atom. The van der Waals surface area contributed by atoms with Crippen LogP contribution in [0.5, 0.6) is 0 Å². The highest BCUT2D eigenvalue weighted by molar-refractivity contribution is 6.12. The molecule has 2 aromatic heterocycles. The third-order valence-corrected chi connectivity index (χ3v) is 13.1. The minimum atomic E-state index is 0.709. The summed E-state index contributed by atoms with van der Waals surface area (Å²) in [6.07, 6.45) is 0. The summed E-state index contributed by atoms with van der Waals surface area (Å²) in [7, 11) is 0. The van der Waals surface area contributed by atoms with Crippen molar-refractivity contribution in [2.45, 2.75) is 6.92 Å². The molecule has 12 rings (SSSR count). The van der Waals surface area contributed by atoms with E-state index < -0.39 is 0 Å². The summed E-state index contributed by atoms with van der Waals surface area (Å²) in [5.74, 6) is 0.709. The molecule has 0 saturated heterocycles. The number of anilines is 6. The minimum Gasteiger partial charge on any atom is -0.310 e. The maximum absolute atomic E-state index is 5.10. The summed E-state index contributed by atoms with van der Waals surface area (Å²) >= 11 is 0. The molecule has 0 aliphatic heterocycles. The molecule has 5 heteroatoms. The molecule has 5 nitrogen and oxygen atoms in total. The van der Waals surface area contributed by atoms with Crippen LogP contribution in [0.4, 0.5) is 34.1 Å². The second kappa shape index (κ2) is 18.4. The van der Waals surface area contributed by atoms with Crippen molar-refractivity contribution in [1.82, 2.24) is 14.5 Å². The van der Waals surface area contributed by atoms with Crippen molar-refractivity contribution in [3.8, 4) is 50.7 Å². The SMILES string of the molecule is Cc1cc(-c2cc(-c3ccccc3)nc(-c3ccccc3)n2)ccc1-c1ccc(-n2c3ccc(N(c4ccccc4)c4ccccc4)cc3c3cc(N(c4ccccc4)c4ccccc4)ccc32)cc1. The summed E-state index contributed by atoms with van der Waals surface area (Å²) < 4.78 is 2.41. The number of hydrogen-bond acceptors (Lipinski definition) is 4. The van der Waals surface area contributed by atoms with Crippen molar-refractivity contribution < 1.29 is 0 Å².